The fraction of sp³-hybridized carbons (Fsp3) is 0.162. The highest BCUT2D eigenvalue weighted by Crippen LogP contribution is 2.35. The van der Waals surface area contributed by atoms with Gasteiger partial charge in [-0.15, -0.1) is 0 Å². The van der Waals surface area contributed by atoms with Crippen molar-refractivity contribution in [3.8, 4) is 11.5 Å². The Morgan fingerprint density at radius 3 is 2.22 bits per heavy atom. The Hall–Kier alpha value is -5.21. The van der Waals surface area contributed by atoms with Crippen LogP contribution in [0.3, 0.4) is 0 Å². The summed E-state index contributed by atoms with van der Waals surface area (Å²) in [6.45, 7) is 4.75. The van der Waals surface area contributed by atoms with Crippen molar-refractivity contribution >= 4 is 29.1 Å². The van der Waals surface area contributed by atoms with E-state index in [0.717, 1.165) is 22.3 Å². The maximum Gasteiger partial charge on any atom is 0.338 e. The van der Waals surface area contributed by atoms with Crippen LogP contribution in [0, 0.1) is 0 Å². The number of aromatic nitrogens is 1. The van der Waals surface area contributed by atoms with Gasteiger partial charge in [0.05, 0.1) is 35.1 Å². The first-order valence-corrected chi connectivity index (χ1v) is 15.7. The predicted octanol–water partition coefficient (Wildman–Crippen LogP) is 5.91. The largest absolute Gasteiger partial charge is 0.490 e. The van der Waals surface area contributed by atoms with Gasteiger partial charge in [-0.05, 0) is 48.7 Å². The molecule has 1 aromatic heterocycles. The smallest absolute Gasteiger partial charge is 0.338 e. The van der Waals surface area contributed by atoms with Crippen LogP contribution in [0.4, 0.5) is 0 Å². The zero-order chi connectivity index (χ0) is 31.2. The zero-order valence-corrected chi connectivity index (χ0v) is 25.8. The molecule has 1 aliphatic rings. The number of hydrogen-bond donors (Lipinski definition) is 0. The highest BCUT2D eigenvalue weighted by molar-refractivity contribution is 7.07. The number of carbonyl (C=O) groups is 1. The number of esters is 1. The summed E-state index contributed by atoms with van der Waals surface area (Å²) >= 11 is 1.28. The molecule has 226 valence electrons. The van der Waals surface area contributed by atoms with Gasteiger partial charge in [-0.1, -0.05) is 108 Å². The van der Waals surface area contributed by atoms with Crippen molar-refractivity contribution in [2.75, 3.05) is 13.2 Å². The normalized spacial score (nSPS) is 14.4. The third kappa shape index (κ3) is 6.37. The molecule has 0 amide bonds. The minimum Gasteiger partial charge on any atom is -0.490 e. The lowest BCUT2D eigenvalue weighted by atomic mass is 9.93. The number of hydrogen-bond acceptors (Lipinski definition) is 7. The van der Waals surface area contributed by atoms with Crippen LogP contribution in [0.25, 0.3) is 11.8 Å². The molecule has 0 radical (unpaired) electrons. The highest BCUT2D eigenvalue weighted by Gasteiger charge is 2.35. The Morgan fingerprint density at radius 2 is 1.53 bits per heavy atom. The van der Waals surface area contributed by atoms with E-state index in [-0.39, 0.29) is 12.2 Å². The van der Waals surface area contributed by atoms with Gasteiger partial charge < -0.3 is 14.2 Å². The molecule has 7 nitrogen and oxygen atoms in total. The molecule has 6 rings (SSSR count). The van der Waals surface area contributed by atoms with Gasteiger partial charge in [0.25, 0.3) is 5.56 Å². The minimum absolute atomic E-state index is 0.198. The van der Waals surface area contributed by atoms with Gasteiger partial charge in [0.15, 0.2) is 16.3 Å². The van der Waals surface area contributed by atoms with Crippen molar-refractivity contribution in [2.45, 2.75) is 26.5 Å². The Balaban J connectivity index is 1.47. The van der Waals surface area contributed by atoms with Crippen molar-refractivity contribution in [1.82, 2.24) is 4.57 Å². The quantitative estimate of drug-likeness (QED) is 0.182. The van der Waals surface area contributed by atoms with Crippen LogP contribution in [-0.2, 0) is 16.1 Å². The third-order valence-corrected chi connectivity index (χ3v) is 8.27. The summed E-state index contributed by atoms with van der Waals surface area (Å²) in [6, 6.07) is 33.9. The van der Waals surface area contributed by atoms with Crippen LogP contribution >= 0.6 is 11.3 Å². The molecule has 0 saturated carbocycles. The molecule has 0 fully saturated rings. The van der Waals surface area contributed by atoms with Crippen molar-refractivity contribution < 1.29 is 19.0 Å². The van der Waals surface area contributed by atoms with E-state index < -0.39 is 12.0 Å². The monoisotopic (exact) mass is 616 g/mol. The van der Waals surface area contributed by atoms with E-state index in [4.69, 9.17) is 19.2 Å². The van der Waals surface area contributed by atoms with E-state index in [1.54, 1.807) is 11.5 Å². The number of carbonyl (C=O) groups excluding carboxylic acids is 1. The first-order valence-electron chi connectivity index (χ1n) is 14.8. The molecular weight excluding hydrogens is 584 g/mol. The molecule has 8 heteroatoms. The fourth-order valence-corrected chi connectivity index (χ4v) is 6.28. The number of benzene rings is 4. The lowest BCUT2D eigenvalue weighted by molar-refractivity contribution is -0.138. The Kier molecular flexibility index (Phi) is 9.03. The summed E-state index contributed by atoms with van der Waals surface area (Å²) in [6.07, 6.45) is 1.83. The minimum atomic E-state index is -0.716. The molecule has 2 heterocycles. The first kappa shape index (κ1) is 29.8. The Bertz CT molecular complexity index is 2020. The molecule has 4 aromatic carbocycles. The number of rotatable bonds is 10. The molecule has 0 N–H and O–H groups in total. The van der Waals surface area contributed by atoms with Gasteiger partial charge in [0.2, 0.25) is 0 Å². The van der Waals surface area contributed by atoms with E-state index in [0.29, 0.717) is 45.3 Å². The summed E-state index contributed by atoms with van der Waals surface area (Å²) in [5.74, 6) is 0.707. The third-order valence-electron chi connectivity index (χ3n) is 7.29. The van der Waals surface area contributed by atoms with Crippen LogP contribution in [0.15, 0.2) is 125 Å². The highest BCUT2D eigenvalue weighted by atomic mass is 32.1. The molecule has 45 heavy (non-hydrogen) atoms. The maximum atomic E-state index is 14.2. The fourth-order valence-electron chi connectivity index (χ4n) is 5.28. The molecule has 0 saturated heterocycles. The van der Waals surface area contributed by atoms with E-state index in [1.165, 1.54) is 11.3 Å². The van der Waals surface area contributed by atoms with E-state index in [1.807, 2.05) is 122 Å². The molecule has 5 aromatic rings. The molecule has 0 aliphatic carbocycles. The van der Waals surface area contributed by atoms with Gasteiger partial charge in [0.1, 0.15) is 6.61 Å². The summed E-state index contributed by atoms with van der Waals surface area (Å²) in [4.78, 5) is 33.1. The number of nitrogens with zero attached hydrogens (tertiary/aromatic N) is 2. The SMILES string of the molecule is CCOC(=O)C1=C(c2ccccc2)N=c2s/c(=C\c3ccc(OCc4ccccc4)c(OCC)c3)c(=O)n2[C@@H]1c1ccccc1. The van der Waals surface area contributed by atoms with Crippen LogP contribution < -0.4 is 24.4 Å². The van der Waals surface area contributed by atoms with Crippen LogP contribution in [0.1, 0.15) is 42.1 Å². The second-order valence-corrected chi connectivity index (χ2v) is 11.3. The first-order chi connectivity index (χ1) is 22.1. The molecule has 1 atom stereocenters. The molecular formula is C37H32N2O5S. The maximum absolute atomic E-state index is 14.2. The summed E-state index contributed by atoms with van der Waals surface area (Å²) < 4.78 is 19.6. The standard InChI is InChI=1S/C37H32N2O5S/c1-3-42-30-22-26(20-21-29(30)44-24-25-14-8-5-9-15-25)23-31-35(40)39-34(28-18-12-7-13-19-28)32(36(41)43-4-2)33(38-37(39)45-31)27-16-10-6-11-17-27/h5-23,34H,3-4,24H2,1-2H3/b31-23-/t34-/m1/s1. The molecule has 1 aliphatic heterocycles. The van der Waals surface area contributed by atoms with Crippen LogP contribution in [0.2, 0.25) is 0 Å². The summed E-state index contributed by atoms with van der Waals surface area (Å²) in [5, 5.41) is 0. The van der Waals surface area contributed by atoms with E-state index in [9.17, 15) is 9.59 Å². The number of ether oxygens (including phenoxy) is 3. The van der Waals surface area contributed by atoms with Gasteiger partial charge in [0, 0.05) is 5.56 Å². The second-order valence-electron chi connectivity index (χ2n) is 10.3. The van der Waals surface area contributed by atoms with Gasteiger partial charge >= 0.3 is 5.97 Å². The second kappa shape index (κ2) is 13.6. The van der Waals surface area contributed by atoms with Gasteiger partial charge in [-0.25, -0.2) is 9.79 Å². The topological polar surface area (TPSA) is 79.1 Å². The van der Waals surface area contributed by atoms with Gasteiger partial charge in [-0.2, -0.15) is 0 Å². The van der Waals surface area contributed by atoms with Crippen molar-refractivity contribution in [1.29, 1.82) is 0 Å². The van der Waals surface area contributed by atoms with Gasteiger partial charge in [-0.3, -0.25) is 9.36 Å². The Morgan fingerprint density at radius 1 is 0.844 bits per heavy atom. The summed E-state index contributed by atoms with van der Waals surface area (Å²) in [7, 11) is 0. The predicted molar refractivity (Wildman–Crippen MR) is 176 cm³/mol. The van der Waals surface area contributed by atoms with Crippen molar-refractivity contribution in [3.05, 3.63) is 157 Å². The number of thiazole rings is 1. The van der Waals surface area contributed by atoms with E-state index in [2.05, 4.69) is 0 Å². The summed E-state index contributed by atoms with van der Waals surface area (Å²) in [5.41, 5.74) is 3.96. The van der Waals surface area contributed by atoms with E-state index >= 15 is 0 Å². The molecule has 0 bridgehead atoms. The lowest BCUT2D eigenvalue weighted by Gasteiger charge is -2.25. The Labute approximate surface area is 265 Å². The average molecular weight is 617 g/mol. The molecule has 0 unspecified atom stereocenters. The van der Waals surface area contributed by atoms with Crippen LogP contribution in [-0.4, -0.2) is 23.8 Å². The van der Waals surface area contributed by atoms with Crippen molar-refractivity contribution in [3.63, 3.8) is 0 Å². The lowest BCUT2D eigenvalue weighted by Crippen LogP contribution is -2.39. The van der Waals surface area contributed by atoms with Crippen molar-refractivity contribution in [2.24, 2.45) is 4.99 Å². The number of fused-ring (bicyclic) bond motifs is 1. The van der Waals surface area contributed by atoms with Crippen LogP contribution in [0.5, 0.6) is 11.5 Å². The molecule has 0 spiro atoms. The zero-order valence-electron chi connectivity index (χ0n) is 25.0. The average Bonchev–Trinajstić information content (AvgIpc) is 3.39.